The number of hydrogen-bond donors (Lipinski definition) is 0. The summed E-state index contributed by atoms with van der Waals surface area (Å²) in [6.07, 6.45) is 0. The van der Waals surface area contributed by atoms with Gasteiger partial charge >= 0.3 is 0 Å². The summed E-state index contributed by atoms with van der Waals surface area (Å²) in [5, 5.41) is 1.48. The zero-order valence-corrected chi connectivity index (χ0v) is 18.1. The predicted octanol–water partition coefficient (Wildman–Crippen LogP) is 6.51. The van der Waals surface area contributed by atoms with E-state index in [9.17, 15) is 14.4 Å². The van der Waals surface area contributed by atoms with Crippen LogP contribution in [0.4, 0.5) is 0 Å². The molecule has 34 heavy (non-hydrogen) atoms. The summed E-state index contributed by atoms with van der Waals surface area (Å²) in [7, 11) is 0. The molecule has 0 atom stereocenters. The van der Waals surface area contributed by atoms with Crippen LogP contribution in [0.25, 0.3) is 21.9 Å². The first-order valence-electron chi connectivity index (χ1n) is 11.1. The van der Waals surface area contributed by atoms with Crippen LogP contribution in [0.15, 0.2) is 109 Å². The summed E-state index contributed by atoms with van der Waals surface area (Å²) in [5.74, 6) is -0.539. The highest BCUT2D eigenvalue weighted by atomic mass is 16.1. The number of hydrogen-bond acceptors (Lipinski definition) is 3. The molecule has 5 aromatic carbocycles. The molecule has 0 saturated carbocycles. The lowest BCUT2D eigenvalue weighted by molar-refractivity contribution is 0.100. The van der Waals surface area contributed by atoms with Crippen LogP contribution in [0.3, 0.4) is 0 Å². The van der Waals surface area contributed by atoms with E-state index in [1.165, 1.54) is 0 Å². The molecule has 160 valence electrons. The molecule has 0 heterocycles. The van der Waals surface area contributed by atoms with Crippen LogP contribution in [0.5, 0.6) is 0 Å². The van der Waals surface area contributed by atoms with E-state index >= 15 is 0 Å². The van der Waals surface area contributed by atoms with Crippen molar-refractivity contribution in [2.75, 3.05) is 0 Å². The molecule has 0 fully saturated rings. The second-order valence-electron chi connectivity index (χ2n) is 8.34. The molecule has 6 rings (SSSR count). The molecular formula is C31H18O3. The average Bonchev–Trinajstić information content (AvgIpc) is 2.91. The van der Waals surface area contributed by atoms with E-state index in [1.54, 1.807) is 54.6 Å². The number of rotatable bonds is 4. The number of carbonyl (C=O) groups is 3. The lowest BCUT2D eigenvalue weighted by Crippen LogP contribution is -2.17. The van der Waals surface area contributed by atoms with Gasteiger partial charge in [0.2, 0.25) is 0 Å². The molecule has 0 saturated heterocycles. The van der Waals surface area contributed by atoms with Crippen LogP contribution >= 0.6 is 0 Å². The van der Waals surface area contributed by atoms with Crippen molar-refractivity contribution < 1.29 is 14.4 Å². The molecule has 0 aromatic heterocycles. The van der Waals surface area contributed by atoms with E-state index in [4.69, 9.17) is 0 Å². The number of ketones is 3. The van der Waals surface area contributed by atoms with Gasteiger partial charge in [-0.15, -0.1) is 0 Å². The first-order valence-corrected chi connectivity index (χ1v) is 11.1. The van der Waals surface area contributed by atoms with E-state index in [-0.39, 0.29) is 17.3 Å². The molecule has 3 nitrogen and oxygen atoms in total. The van der Waals surface area contributed by atoms with Gasteiger partial charge in [0.15, 0.2) is 17.3 Å². The van der Waals surface area contributed by atoms with Crippen molar-refractivity contribution in [2.45, 2.75) is 0 Å². The summed E-state index contributed by atoms with van der Waals surface area (Å²) < 4.78 is 0. The minimum Gasteiger partial charge on any atom is -0.289 e. The number of fused-ring (bicyclic) bond motifs is 2. The molecule has 1 aliphatic rings. The summed E-state index contributed by atoms with van der Waals surface area (Å²) in [6.45, 7) is 0. The molecule has 0 aliphatic heterocycles. The number of benzene rings is 5. The van der Waals surface area contributed by atoms with Crippen molar-refractivity contribution in [1.29, 1.82) is 0 Å². The van der Waals surface area contributed by atoms with E-state index in [1.807, 2.05) is 54.6 Å². The first-order chi connectivity index (χ1) is 16.6. The van der Waals surface area contributed by atoms with E-state index in [0.29, 0.717) is 44.5 Å². The van der Waals surface area contributed by atoms with Crippen LogP contribution in [0.1, 0.15) is 47.8 Å². The fraction of sp³-hybridized carbons (Fsp3) is 0. The van der Waals surface area contributed by atoms with Gasteiger partial charge in [0.1, 0.15) is 0 Å². The molecule has 5 aromatic rings. The highest BCUT2D eigenvalue weighted by Gasteiger charge is 2.32. The van der Waals surface area contributed by atoms with Gasteiger partial charge in [-0.05, 0) is 17.0 Å². The molecule has 1 aliphatic carbocycles. The van der Waals surface area contributed by atoms with E-state index < -0.39 is 0 Å². The van der Waals surface area contributed by atoms with Crippen molar-refractivity contribution in [2.24, 2.45) is 0 Å². The zero-order chi connectivity index (χ0) is 23.2. The molecule has 0 radical (unpaired) electrons. The normalized spacial score (nSPS) is 11.8. The lowest BCUT2D eigenvalue weighted by Gasteiger charge is -2.24. The fourth-order valence-corrected chi connectivity index (χ4v) is 4.85. The standard InChI is InChI=1S/C31H18O3/c32-29(19-10-3-1-4-11-19)25-18-21-14-9-17-24-26(21)27(22-15-7-8-16-23(22)31(24)34)28(25)30(33)20-12-5-2-6-13-20/h1-18H. The van der Waals surface area contributed by atoms with Crippen molar-refractivity contribution >= 4 is 28.1 Å². The Bertz CT molecular complexity index is 1630. The lowest BCUT2D eigenvalue weighted by atomic mass is 9.77. The Hall–Kier alpha value is -4.63. The van der Waals surface area contributed by atoms with Crippen molar-refractivity contribution in [1.82, 2.24) is 0 Å². The van der Waals surface area contributed by atoms with Crippen LogP contribution in [0.2, 0.25) is 0 Å². The first kappa shape index (κ1) is 20.0. The third kappa shape index (κ3) is 2.95. The molecule has 0 amide bonds. The van der Waals surface area contributed by atoms with Gasteiger partial charge in [-0.25, -0.2) is 0 Å². The maximum absolute atomic E-state index is 14.0. The van der Waals surface area contributed by atoms with Gasteiger partial charge < -0.3 is 0 Å². The van der Waals surface area contributed by atoms with Crippen LogP contribution in [-0.4, -0.2) is 17.3 Å². The van der Waals surface area contributed by atoms with Crippen LogP contribution in [0, 0.1) is 0 Å². The molecular weight excluding hydrogens is 420 g/mol. The quantitative estimate of drug-likeness (QED) is 0.295. The molecule has 0 spiro atoms. The second-order valence-corrected chi connectivity index (χ2v) is 8.34. The minimum atomic E-state index is -0.240. The maximum Gasteiger partial charge on any atom is 0.194 e. The predicted molar refractivity (Wildman–Crippen MR) is 133 cm³/mol. The van der Waals surface area contributed by atoms with Gasteiger partial charge in [0.05, 0.1) is 0 Å². The largest absolute Gasteiger partial charge is 0.289 e. The Morgan fingerprint density at radius 3 is 1.76 bits per heavy atom. The molecule has 3 heteroatoms. The Kier molecular flexibility index (Phi) is 4.56. The Morgan fingerprint density at radius 2 is 1.09 bits per heavy atom. The summed E-state index contributed by atoms with van der Waals surface area (Å²) in [4.78, 5) is 41.1. The van der Waals surface area contributed by atoms with Gasteiger partial charge in [0.25, 0.3) is 0 Å². The molecule has 0 N–H and O–H groups in total. The van der Waals surface area contributed by atoms with E-state index in [0.717, 1.165) is 10.8 Å². The minimum absolute atomic E-state index is 0.0751. The van der Waals surface area contributed by atoms with Gasteiger partial charge in [0, 0.05) is 44.3 Å². The topological polar surface area (TPSA) is 51.2 Å². The maximum atomic E-state index is 14.0. The van der Waals surface area contributed by atoms with Crippen LogP contribution in [-0.2, 0) is 0 Å². The molecule has 0 unspecified atom stereocenters. The summed E-state index contributed by atoms with van der Waals surface area (Å²) in [5.41, 5.74) is 4.08. The summed E-state index contributed by atoms with van der Waals surface area (Å²) >= 11 is 0. The molecule has 0 bridgehead atoms. The highest BCUT2D eigenvalue weighted by molar-refractivity contribution is 6.32. The Labute approximate surface area is 196 Å². The number of carbonyl (C=O) groups excluding carboxylic acids is 3. The second kappa shape index (κ2) is 7.75. The summed E-state index contributed by atoms with van der Waals surface area (Å²) in [6, 6.07) is 32.5. The third-order valence-corrected chi connectivity index (χ3v) is 6.40. The van der Waals surface area contributed by atoms with Gasteiger partial charge in [-0.2, -0.15) is 0 Å². The zero-order valence-electron chi connectivity index (χ0n) is 18.1. The smallest absolute Gasteiger partial charge is 0.194 e. The van der Waals surface area contributed by atoms with Crippen molar-refractivity contribution in [3.8, 4) is 11.1 Å². The van der Waals surface area contributed by atoms with Gasteiger partial charge in [-0.1, -0.05) is 103 Å². The average molecular weight is 438 g/mol. The Morgan fingerprint density at radius 1 is 0.529 bits per heavy atom. The highest BCUT2D eigenvalue weighted by Crippen LogP contribution is 2.44. The Balaban J connectivity index is 1.77. The third-order valence-electron chi connectivity index (χ3n) is 6.40. The van der Waals surface area contributed by atoms with Crippen LogP contribution < -0.4 is 0 Å². The van der Waals surface area contributed by atoms with Gasteiger partial charge in [-0.3, -0.25) is 14.4 Å². The van der Waals surface area contributed by atoms with Crippen molar-refractivity contribution in [3.05, 3.63) is 143 Å². The fourth-order valence-electron chi connectivity index (χ4n) is 4.85. The van der Waals surface area contributed by atoms with E-state index in [2.05, 4.69) is 0 Å². The monoisotopic (exact) mass is 438 g/mol. The SMILES string of the molecule is O=C(c1ccccc1)c1cc2cccc3c2c(c1C(=O)c1ccccc1)-c1ccccc1C3=O. The van der Waals surface area contributed by atoms with Crippen molar-refractivity contribution in [3.63, 3.8) is 0 Å².